The Morgan fingerprint density at radius 1 is 1.03 bits per heavy atom. The number of rotatable bonds is 7. The number of ether oxygens (including phenoxy) is 1. The summed E-state index contributed by atoms with van der Waals surface area (Å²) < 4.78 is 31.8. The highest BCUT2D eigenvalue weighted by Crippen LogP contribution is 2.17. The molecule has 0 aliphatic carbocycles. The second kappa shape index (κ2) is 9.01. The van der Waals surface area contributed by atoms with Crippen LogP contribution in [-0.4, -0.2) is 37.4 Å². The lowest BCUT2D eigenvalue weighted by atomic mass is 10.2. The summed E-state index contributed by atoms with van der Waals surface area (Å²) >= 11 is 0. The number of amides is 1. The van der Waals surface area contributed by atoms with Crippen molar-refractivity contribution in [3.8, 4) is 0 Å². The largest absolute Gasteiger partial charge is 0.459 e. The summed E-state index contributed by atoms with van der Waals surface area (Å²) in [5, 5.41) is 13.2. The van der Waals surface area contributed by atoms with Gasteiger partial charge in [-0.15, -0.1) is 0 Å². The molecule has 0 heterocycles. The van der Waals surface area contributed by atoms with Crippen molar-refractivity contribution in [2.75, 3.05) is 11.9 Å². The van der Waals surface area contributed by atoms with E-state index in [9.17, 15) is 28.1 Å². The first-order chi connectivity index (χ1) is 13.9. The molecule has 0 radical (unpaired) electrons. The van der Waals surface area contributed by atoms with Crippen LogP contribution in [0, 0.1) is 10.1 Å². The number of nitrogens with zero attached hydrogens (tertiary/aromatic N) is 1. The minimum absolute atomic E-state index is 0.0978. The molecule has 2 aromatic rings. The number of non-ortho nitro benzene ring substituents is 1. The molecule has 1 amide bonds. The van der Waals surface area contributed by atoms with E-state index in [2.05, 4.69) is 10.0 Å². The summed E-state index contributed by atoms with van der Waals surface area (Å²) in [6, 6.07) is 10.3. The van der Waals surface area contributed by atoms with Gasteiger partial charge in [-0.3, -0.25) is 19.7 Å². The van der Waals surface area contributed by atoms with E-state index in [1.54, 1.807) is 20.8 Å². The average molecular weight is 435 g/mol. The molecule has 0 bridgehead atoms. The van der Waals surface area contributed by atoms with Crippen LogP contribution >= 0.6 is 0 Å². The van der Waals surface area contributed by atoms with Gasteiger partial charge in [-0.2, -0.15) is 4.72 Å². The van der Waals surface area contributed by atoms with Crippen molar-refractivity contribution in [3.63, 3.8) is 0 Å². The number of benzene rings is 2. The predicted octanol–water partition coefficient (Wildman–Crippen LogP) is 2.47. The van der Waals surface area contributed by atoms with Gasteiger partial charge in [0.25, 0.3) is 11.6 Å². The first kappa shape index (κ1) is 23.0. The summed E-state index contributed by atoms with van der Waals surface area (Å²) in [6.07, 6.45) is 0. The highest BCUT2D eigenvalue weighted by atomic mass is 32.2. The molecular weight excluding hydrogens is 414 g/mol. The number of carbonyl (C=O) groups is 2. The van der Waals surface area contributed by atoms with E-state index in [0.717, 1.165) is 0 Å². The average Bonchev–Trinajstić information content (AvgIpc) is 2.65. The number of carbonyl (C=O) groups excluding carboxylic acids is 2. The van der Waals surface area contributed by atoms with Crippen LogP contribution in [0.3, 0.4) is 0 Å². The van der Waals surface area contributed by atoms with Crippen LogP contribution in [0.2, 0.25) is 0 Å². The van der Waals surface area contributed by atoms with E-state index < -0.39 is 39.0 Å². The summed E-state index contributed by atoms with van der Waals surface area (Å²) in [4.78, 5) is 33.9. The lowest BCUT2D eigenvalue weighted by Crippen LogP contribution is -2.34. The number of sulfonamides is 1. The van der Waals surface area contributed by atoms with Crippen LogP contribution < -0.4 is 10.0 Å². The fourth-order valence-corrected chi connectivity index (χ4v) is 3.24. The maximum absolute atomic E-state index is 12.3. The zero-order valence-corrected chi connectivity index (χ0v) is 17.4. The molecule has 2 N–H and O–H groups in total. The lowest BCUT2D eigenvalue weighted by molar-refractivity contribution is -0.384. The van der Waals surface area contributed by atoms with Crippen molar-refractivity contribution >= 4 is 33.3 Å². The van der Waals surface area contributed by atoms with Crippen LogP contribution in [0.1, 0.15) is 31.1 Å². The molecule has 0 atom stereocenters. The Kier molecular flexibility index (Phi) is 6.90. The van der Waals surface area contributed by atoms with E-state index in [1.807, 2.05) is 0 Å². The summed E-state index contributed by atoms with van der Waals surface area (Å²) in [6.45, 7) is 4.49. The summed E-state index contributed by atoms with van der Waals surface area (Å²) in [5.74, 6) is -1.22. The number of nitrogens with one attached hydrogen (secondary N) is 2. The Bertz CT molecular complexity index is 1040. The van der Waals surface area contributed by atoms with Crippen molar-refractivity contribution in [2.24, 2.45) is 0 Å². The van der Waals surface area contributed by atoms with Crippen LogP contribution in [0.25, 0.3) is 0 Å². The maximum atomic E-state index is 12.3. The lowest BCUT2D eigenvalue weighted by Gasteiger charge is -2.19. The highest BCUT2D eigenvalue weighted by Gasteiger charge is 2.20. The minimum Gasteiger partial charge on any atom is -0.459 e. The van der Waals surface area contributed by atoms with Crippen molar-refractivity contribution in [2.45, 2.75) is 31.3 Å². The normalized spacial score (nSPS) is 11.6. The Labute approximate surface area is 173 Å². The topological polar surface area (TPSA) is 145 Å². The van der Waals surface area contributed by atoms with Gasteiger partial charge in [-0.05, 0) is 57.2 Å². The molecule has 0 aliphatic heterocycles. The molecule has 0 aliphatic rings. The summed E-state index contributed by atoms with van der Waals surface area (Å²) in [7, 11) is -3.95. The number of anilines is 1. The smallest absolute Gasteiger partial charge is 0.321 e. The van der Waals surface area contributed by atoms with Gasteiger partial charge in [0.05, 0.1) is 9.82 Å². The third-order valence-corrected chi connectivity index (χ3v) is 5.01. The molecule has 0 aromatic heterocycles. The van der Waals surface area contributed by atoms with Gasteiger partial charge < -0.3 is 10.1 Å². The molecule has 0 saturated carbocycles. The summed E-state index contributed by atoms with van der Waals surface area (Å²) in [5.41, 5.74) is -0.341. The number of esters is 1. The van der Waals surface area contributed by atoms with Crippen LogP contribution in [0.4, 0.5) is 11.4 Å². The zero-order chi connectivity index (χ0) is 22.5. The van der Waals surface area contributed by atoms with Gasteiger partial charge in [-0.1, -0.05) is 0 Å². The number of hydrogen-bond donors (Lipinski definition) is 2. The zero-order valence-electron chi connectivity index (χ0n) is 16.5. The molecule has 160 valence electrons. The Morgan fingerprint density at radius 3 is 2.10 bits per heavy atom. The fraction of sp³-hybridized carbons (Fsp3) is 0.263. The third-order valence-electron chi connectivity index (χ3n) is 3.59. The number of nitro groups is 1. The predicted molar refractivity (Wildman–Crippen MR) is 109 cm³/mol. The molecule has 0 unspecified atom stereocenters. The van der Waals surface area contributed by atoms with E-state index >= 15 is 0 Å². The van der Waals surface area contributed by atoms with E-state index in [0.29, 0.717) is 5.69 Å². The SMILES string of the molecule is CC(C)(C)OC(=O)CNS(=O)(=O)c1ccc(NC(=O)c2ccc([N+](=O)[O-])cc2)cc1. The number of nitro benzene ring substituents is 1. The van der Waals surface area contributed by atoms with Gasteiger partial charge in [0.15, 0.2) is 0 Å². The molecule has 11 heteroatoms. The Morgan fingerprint density at radius 2 is 1.60 bits per heavy atom. The fourth-order valence-electron chi connectivity index (χ4n) is 2.27. The maximum Gasteiger partial charge on any atom is 0.321 e. The molecule has 10 nitrogen and oxygen atoms in total. The van der Waals surface area contributed by atoms with Crippen molar-refractivity contribution in [1.29, 1.82) is 0 Å². The standard InChI is InChI=1S/C19H21N3O7S/c1-19(2,3)29-17(23)12-20-30(27,28)16-10-6-14(7-11-16)21-18(24)13-4-8-15(9-5-13)22(25)26/h4-11,20H,12H2,1-3H3,(H,21,24). The van der Waals surface area contributed by atoms with Crippen LogP contribution in [-0.2, 0) is 19.6 Å². The van der Waals surface area contributed by atoms with E-state index in [1.165, 1.54) is 48.5 Å². The Hall–Kier alpha value is -3.31. The second-order valence-electron chi connectivity index (χ2n) is 7.19. The highest BCUT2D eigenvalue weighted by molar-refractivity contribution is 7.89. The van der Waals surface area contributed by atoms with E-state index in [4.69, 9.17) is 4.74 Å². The van der Waals surface area contributed by atoms with Crippen molar-refractivity contribution in [1.82, 2.24) is 4.72 Å². The van der Waals surface area contributed by atoms with Gasteiger partial charge in [-0.25, -0.2) is 8.42 Å². The third kappa shape index (κ3) is 6.64. The molecule has 2 aromatic carbocycles. The van der Waals surface area contributed by atoms with Gasteiger partial charge in [0, 0.05) is 23.4 Å². The number of hydrogen-bond acceptors (Lipinski definition) is 7. The molecule has 0 spiro atoms. The molecule has 0 saturated heterocycles. The monoisotopic (exact) mass is 435 g/mol. The minimum atomic E-state index is -3.95. The molecule has 30 heavy (non-hydrogen) atoms. The van der Waals surface area contributed by atoms with Gasteiger partial charge >= 0.3 is 5.97 Å². The quantitative estimate of drug-likeness (QED) is 0.386. The van der Waals surface area contributed by atoms with Gasteiger partial charge in [0.2, 0.25) is 10.0 Å². The van der Waals surface area contributed by atoms with Crippen LogP contribution in [0.5, 0.6) is 0 Å². The second-order valence-corrected chi connectivity index (χ2v) is 8.96. The Balaban J connectivity index is 2.00. The first-order valence-electron chi connectivity index (χ1n) is 8.75. The molecule has 0 fully saturated rings. The van der Waals surface area contributed by atoms with Crippen LogP contribution in [0.15, 0.2) is 53.4 Å². The molecular formula is C19H21N3O7S. The van der Waals surface area contributed by atoms with Crippen molar-refractivity contribution < 1.29 is 27.7 Å². The van der Waals surface area contributed by atoms with Crippen molar-refractivity contribution in [3.05, 3.63) is 64.2 Å². The first-order valence-corrected chi connectivity index (χ1v) is 10.2. The molecule has 2 rings (SSSR count). The van der Waals surface area contributed by atoms with E-state index in [-0.39, 0.29) is 16.1 Å². The van der Waals surface area contributed by atoms with Gasteiger partial charge in [0.1, 0.15) is 12.1 Å².